The van der Waals surface area contributed by atoms with Crippen molar-refractivity contribution in [2.24, 2.45) is 5.92 Å². The lowest BCUT2D eigenvalue weighted by molar-refractivity contribution is -0.120. The molecule has 2 aliphatic rings. The van der Waals surface area contributed by atoms with Gasteiger partial charge in [-0.3, -0.25) is 4.79 Å². The third-order valence-corrected chi connectivity index (χ3v) is 6.28. The number of ketones is 1. The van der Waals surface area contributed by atoms with Crippen LogP contribution in [-0.2, 0) is 14.6 Å². The van der Waals surface area contributed by atoms with Crippen LogP contribution in [0.4, 0.5) is 0 Å². The van der Waals surface area contributed by atoms with Gasteiger partial charge in [0.2, 0.25) is 0 Å². The van der Waals surface area contributed by atoms with Crippen LogP contribution in [0.5, 0.6) is 0 Å². The first-order valence-electron chi connectivity index (χ1n) is 7.51. The molecule has 3 atom stereocenters. The number of fused-ring (bicyclic) bond motifs is 1. The van der Waals surface area contributed by atoms with Crippen LogP contribution in [0.15, 0.2) is 0 Å². The Morgan fingerprint density at radius 2 is 1.95 bits per heavy atom. The molecule has 0 spiro atoms. The predicted molar refractivity (Wildman–Crippen MR) is 75.9 cm³/mol. The van der Waals surface area contributed by atoms with Crippen molar-refractivity contribution in [2.75, 3.05) is 11.5 Å². The summed E-state index contributed by atoms with van der Waals surface area (Å²) in [5.41, 5.74) is 0. The van der Waals surface area contributed by atoms with Crippen molar-refractivity contribution >= 4 is 15.6 Å². The van der Waals surface area contributed by atoms with Crippen LogP contribution in [0.3, 0.4) is 0 Å². The Balaban J connectivity index is 1.81. The maximum Gasteiger partial charge on any atom is 0.150 e. The van der Waals surface area contributed by atoms with E-state index in [-0.39, 0.29) is 29.8 Å². The molecule has 2 rings (SSSR count). The molecule has 0 aromatic carbocycles. The number of hydrogen-bond donors (Lipinski definition) is 1. The largest absolute Gasteiger partial charge is 0.304 e. The Kier molecular flexibility index (Phi) is 5.01. The van der Waals surface area contributed by atoms with Gasteiger partial charge in [-0.25, -0.2) is 8.42 Å². The topological polar surface area (TPSA) is 63.2 Å². The van der Waals surface area contributed by atoms with Crippen LogP contribution < -0.4 is 5.32 Å². The number of sulfone groups is 1. The van der Waals surface area contributed by atoms with Gasteiger partial charge in [-0.1, -0.05) is 19.8 Å². The van der Waals surface area contributed by atoms with Crippen molar-refractivity contribution in [1.29, 1.82) is 0 Å². The summed E-state index contributed by atoms with van der Waals surface area (Å²) in [5, 5.41) is 3.42. The Hall–Kier alpha value is -0.420. The summed E-state index contributed by atoms with van der Waals surface area (Å²) < 4.78 is 23.3. The standard InChI is InChI=1S/C14H25NO3S/c1-2-8-19(17,18)9-7-14(16)13-10-11-5-3-4-6-12(11)15-13/h11-13,15H,2-10H2,1H3. The van der Waals surface area contributed by atoms with Crippen molar-refractivity contribution in [2.45, 2.75) is 64.0 Å². The number of nitrogens with one attached hydrogen (secondary N) is 1. The van der Waals surface area contributed by atoms with Gasteiger partial charge in [0, 0.05) is 18.2 Å². The number of hydrogen-bond acceptors (Lipinski definition) is 4. The molecule has 5 heteroatoms. The molecule has 1 saturated carbocycles. The van der Waals surface area contributed by atoms with Crippen LogP contribution in [0.2, 0.25) is 0 Å². The quantitative estimate of drug-likeness (QED) is 0.807. The Bertz CT molecular complexity index is 404. The monoisotopic (exact) mass is 287 g/mol. The van der Waals surface area contributed by atoms with Crippen molar-refractivity contribution in [3.63, 3.8) is 0 Å². The number of rotatable bonds is 6. The van der Waals surface area contributed by atoms with Crippen LogP contribution in [0.25, 0.3) is 0 Å². The molecule has 0 amide bonds. The van der Waals surface area contributed by atoms with E-state index in [9.17, 15) is 13.2 Å². The third-order valence-electron chi connectivity index (χ3n) is 4.43. The molecule has 0 bridgehead atoms. The summed E-state index contributed by atoms with van der Waals surface area (Å²) >= 11 is 0. The molecule has 0 aromatic heterocycles. The smallest absolute Gasteiger partial charge is 0.150 e. The molecule has 110 valence electrons. The number of carbonyl (C=O) groups is 1. The summed E-state index contributed by atoms with van der Waals surface area (Å²) in [6.07, 6.45) is 6.63. The van der Waals surface area contributed by atoms with E-state index in [4.69, 9.17) is 0 Å². The number of carbonyl (C=O) groups excluding carboxylic acids is 1. The van der Waals surface area contributed by atoms with Gasteiger partial charge in [0.25, 0.3) is 0 Å². The first-order valence-corrected chi connectivity index (χ1v) is 9.33. The van der Waals surface area contributed by atoms with E-state index in [1.807, 2.05) is 6.92 Å². The molecule has 1 aliphatic heterocycles. The molecule has 1 N–H and O–H groups in total. The van der Waals surface area contributed by atoms with Gasteiger partial charge in [-0.05, 0) is 31.6 Å². The van der Waals surface area contributed by atoms with Gasteiger partial charge in [-0.15, -0.1) is 0 Å². The van der Waals surface area contributed by atoms with E-state index in [0.717, 1.165) is 6.42 Å². The van der Waals surface area contributed by atoms with Gasteiger partial charge < -0.3 is 5.32 Å². The van der Waals surface area contributed by atoms with E-state index < -0.39 is 9.84 Å². The van der Waals surface area contributed by atoms with Crippen molar-refractivity contribution in [3.8, 4) is 0 Å². The summed E-state index contributed by atoms with van der Waals surface area (Å²) in [6.45, 7) is 1.85. The molecule has 19 heavy (non-hydrogen) atoms. The summed E-state index contributed by atoms with van der Waals surface area (Å²) in [4.78, 5) is 12.1. The first-order chi connectivity index (χ1) is 9.02. The zero-order valence-electron chi connectivity index (χ0n) is 11.7. The Labute approximate surface area is 116 Å². The van der Waals surface area contributed by atoms with E-state index in [2.05, 4.69) is 5.32 Å². The fourth-order valence-corrected chi connectivity index (χ4v) is 4.74. The maximum absolute atomic E-state index is 12.1. The zero-order valence-corrected chi connectivity index (χ0v) is 12.5. The van der Waals surface area contributed by atoms with Crippen molar-refractivity contribution in [1.82, 2.24) is 5.32 Å². The number of Topliss-reactive ketones (excluding diaryl/α,β-unsaturated/α-hetero) is 1. The van der Waals surface area contributed by atoms with E-state index in [0.29, 0.717) is 18.4 Å². The van der Waals surface area contributed by atoms with Crippen LogP contribution >= 0.6 is 0 Å². The average Bonchev–Trinajstić information content (AvgIpc) is 2.79. The van der Waals surface area contributed by atoms with E-state index >= 15 is 0 Å². The minimum Gasteiger partial charge on any atom is -0.304 e. The van der Waals surface area contributed by atoms with Crippen LogP contribution in [-0.4, -0.2) is 37.8 Å². The molecule has 4 nitrogen and oxygen atoms in total. The summed E-state index contributed by atoms with van der Waals surface area (Å²) in [6, 6.07) is 0.403. The van der Waals surface area contributed by atoms with Gasteiger partial charge in [-0.2, -0.15) is 0 Å². The van der Waals surface area contributed by atoms with E-state index in [1.54, 1.807) is 0 Å². The molecule has 0 aromatic rings. The molecular formula is C14H25NO3S. The molecule has 1 heterocycles. The molecule has 1 aliphatic carbocycles. The van der Waals surface area contributed by atoms with Crippen LogP contribution in [0, 0.1) is 5.92 Å². The first kappa shape index (κ1) is 15.0. The summed E-state index contributed by atoms with van der Waals surface area (Å²) in [5.74, 6) is 0.945. The lowest BCUT2D eigenvalue weighted by Crippen LogP contribution is -2.37. The minimum atomic E-state index is -3.03. The normalized spacial score (nSPS) is 31.1. The predicted octanol–water partition coefficient (Wildman–Crippen LogP) is 1.69. The van der Waals surface area contributed by atoms with Crippen molar-refractivity contribution < 1.29 is 13.2 Å². The fourth-order valence-electron chi connectivity index (χ4n) is 3.41. The van der Waals surface area contributed by atoms with Gasteiger partial charge in [0.05, 0.1) is 11.8 Å². The Morgan fingerprint density at radius 3 is 2.63 bits per heavy atom. The minimum absolute atomic E-state index is 0.0210. The molecule has 3 unspecified atom stereocenters. The molecule has 2 fully saturated rings. The maximum atomic E-state index is 12.1. The zero-order chi connectivity index (χ0) is 13.9. The molecular weight excluding hydrogens is 262 g/mol. The second-order valence-corrected chi connectivity index (χ2v) is 8.28. The fraction of sp³-hybridized carbons (Fsp3) is 0.929. The highest BCUT2D eigenvalue weighted by atomic mass is 32.2. The van der Waals surface area contributed by atoms with Gasteiger partial charge >= 0.3 is 0 Å². The highest BCUT2D eigenvalue weighted by Gasteiger charge is 2.37. The van der Waals surface area contributed by atoms with E-state index in [1.165, 1.54) is 25.7 Å². The van der Waals surface area contributed by atoms with Gasteiger partial charge in [0.1, 0.15) is 0 Å². The van der Waals surface area contributed by atoms with Crippen molar-refractivity contribution in [3.05, 3.63) is 0 Å². The second-order valence-electron chi connectivity index (χ2n) is 5.97. The Morgan fingerprint density at radius 1 is 1.21 bits per heavy atom. The summed E-state index contributed by atoms with van der Waals surface area (Å²) in [7, 11) is -3.03. The molecule has 0 radical (unpaired) electrons. The third kappa shape index (κ3) is 4.02. The lowest BCUT2D eigenvalue weighted by atomic mass is 9.85. The average molecular weight is 287 g/mol. The highest BCUT2D eigenvalue weighted by molar-refractivity contribution is 7.91. The molecule has 1 saturated heterocycles. The van der Waals surface area contributed by atoms with Gasteiger partial charge in [0.15, 0.2) is 15.6 Å². The lowest BCUT2D eigenvalue weighted by Gasteiger charge is -2.24. The SMILES string of the molecule is CCCS(=O)(=O)CCC(=O)C1CC2CCCCC2N1. The van der Waals surface area contributed by atoms with Crippen LogP contribution in [0.1, 0.15) is 51.9 Å². The second kappa shape index (κ2) is 6.35. The highest BCUT2D eigenvalue weighted by Crippen LogP contribution is 2.33.